The Labute approximate surface area is 127 Å². The van der Waals surface area contributed by atoms with Crippen molar-refractivity contribution in [3.63, 3.8) is 0 Å². The van der Waals surface area contributed by atoms with Crippen LogP contribution >= 0.6 is 23.2 Å². The Morgan fingerprint density at radius 2 is 1.80 bits per heavy atom. The molecule has 20 heavy (non-hydrogen) atoms. The highest BCUT2D eigenvalue weighted by Crippen LogP contribution is 2.26. The second-order valence-corrected chi connectivity index (χ2v) is 5.42. The number of primary amides is 1. The Morgan fingerprint density at radius 1 is 1.15 bits per heavy atom. The molecule has 2 aromatic rings. The van der Waals surface area contributed by atoms with E-state index in [0.29, 0.717) is 15.6 Å². The summed E-state index contributed by atoms with van der Waals surface area (Å²) in [4.78, 5) is 11.7. The van der Waals surface area contributed by atoms with Gasteiger partial charge in [0.05, 0.1) is 0 Å². The summed E-state index contributed by atoms with van der Waals surface area (Å²) >= 11 is 11.9. The van der Waals surface area contributed by atoms with Crippen molar-refractivity contribution < 1.29 is 4.79 Å². The average molecular weight is 309 g/mol. The van der Waals surface area contributed by atoms with Gasteiger partial charge in [0, 0.05) is 15.7 Å². The molecule has 2 aromatic carbocycles. The quantitative estimate of drug-likeness (QED) is 0.899. The number of rotatable bonds is 4. The van der Waals surface area contributed by atoms with E-state index in [0.717, 1.165) is 11.3 Å². The first kappa shape index (κ1) is 14.7. The highest BCUT2D eigenvalue weighted by Gasteiger charge is 2.18. The molecule has 0 aliphatic rings. The number of nitrogens with two attached hydrogens (primary N) is 1. The van der Waals surface area contributed by atoms with E-state index in [9.17, 15) is 4.79 Å². The second kappa shape index (κ2) is 6.16. The molecule has 3 nitrogen and oxygen atoms in total. The summed E-state index contributed by atoms with van der Waals surface area (Å²) in [5.41, 5.74) is 8.00. The monoisotopic (exact) mass is 308 g/mol. The molecule has 0 aliphatic carbocycles. The molecule has 0 aromatic heterocycles. The number of benzene rings is 2. The van der Waals surface area contributed by atoms with E-state index in [2.05, 4.69) is 5.32 Å². The average Bonchev–Trinajstić information content (AvgIpc) is 2.34. The van der Waals surface area contributed by atoms with Crippen molar-refractivity contribution in [3.05, 3.63) is 63.6 Å². The van der Waals surface area contributed by atoms with Crippen LogP contribution in [0.1, 0.15) is 17.2 Å². The van der Waals surface area contributed by atoms with Crippen LogP contribution in [0.4, 0.5) is 5.69 Å². The van der Waals surface area contributed by atoms with E-state index < -0.39 is 11.9 Å². The van der Waals surface area contributed by atoms with Gasteiger partial charge in [-0.25, -0.2) is 0 Å². The molecule has 2 rings (SSSR count). The predicted octanol–water partition coefficient (Wildman–Crippen LogP) is 3.94. The van der Waals surface area contributed by atoms with Crippen LogP contribution in [0.3, 0.4) is 0 Å². The Morgan fingerprint density at radius 3 is 2.35 bits per heavy atom. The van der Waals surface area contributed by atoms with E-state index in [1.807, 2.05) is 31.2 Å². The molecule has 0 aliphatic heterocycles. The molecule has 0 saturated carbocycles. The molecule has 3 N–H and O–H groups in total. The van der Waals surface area contributed by atoms with Gasteiger partial charge >= 0.3 is 0 Å². The van der Waals surface area contributed by atoms with E-state index in [-0.39, 0.29) is 0 Å². The van der Waals surface area contributed by atoms with Crippen molar-refractivity contribution in [2.24, 2.45) is 5.73 Å². The third-order valence-electron chi connectivity index (χ3n) is 2.83. The van der Waals surface area contributed by atoms with Crippen molar-refractivity contribution in [1.29, 1.82) is 0 Å². The summed E-state index contributed by atoms with van der Waals surface area (Å²) in [7, 11) is 0. The van der Waals surface area contributed by atoms with Crippen LogP contribution in [0.5, 0.6) is 0 Å². The lowest BCUT2D eigenvalue weighted by Gasteiger charge is -2.18. The van der Waals surface area contributed by atoms with Gasteiger partial charge in [-0.3, -0.25) is 4.79 Å². The highest BCUT2D eigenvalue weighted by molar-refractivity contribution is 6.34. The molecule has 0 saturated heterocycles. The maximum atomic E-state index is 11.7. The number of anilines is 1. The van der Waals surface area contributed by atoms with Crippen molar-refractivity contribution in [3.8, 4) is 0 Å². The fourth-order valence-corrected chi connectivity index (χ4v) is 2.50. The number of halogens is 2. The minimum absolute atomic E-state index is 0.463. The van der Waals surface area contributed by atoms with Crippen LogP contribution in [0, 0.1) is 6.92 Å². The molecule has 1 atom stereocenters. The van der Waals surface area contributed by atoms with Crippen LogP contribution in [-0.4, -0.2) is 5.91 Å². The van der Waals surface area contributed by atoms with E-state index >= 15 is 0 Å². The minimum atomic E-state index is -0.687. The maximum Gasteiger partial charge on any atom is 0.244 e. The second-order valence-electron chi connectivity index (χ2n) is 4.55. The van der Waals surface area contributed by atoms with Crippen molar-refractivity contribution in [2.75, 3.05) is 5.32 Å². The standard InChI is InChI=1S/C15H14Cl2N2O/c1-9-3-2-4-13(5-9)19-14(15(18)20)10-6-11(16)8-12(17)7-10/h2-8,14,19H,1H3,(H2,18,20). The van der Waals surface area contributed by atoms with Gasteiger partial charge in [0.25, 0.3) is 0 Å². The van der Waals surface area contributed by atoms with Gasteiger partial charge in [0.2, 0.25) is 5.91 Å². The van der Waals surface area contributed by atoms with E-state index in [1.54, 1.807) is 18.2 Å². The summed E-state index contributed by atoms with van der Waals surface area (Å²) in [5.74, 6) is -0.496. The molecule has 1 unspecified atom stereocenters. The fraction of sp³-hybridized carbons (Fsp3) is 0.133. The number of hydrogen-bond acceptors (Lipinski definition) is 2. The van der Waals surface area contributed by atoms with Crippen LogP contribution < -0.4 is 11.1 Å². The molecule has 0 bridgehead atoms. The third kappa shape index (κ3) is 3.65. The summed E-state index contributed by atoms with van der Waals surface area (Å²) in [6.07, 6.45) is 0. The first-order valence-corrected chi connectivity index (χ1v) is 6.80. The molecule has 104 valence electrons. The first-order chi connectivity index (χ1) is 9.45. The van der Waals surface area contributed by atoms with Gasteiger partial charge in [0.15, 0.2) is 0 Å². The van der Waals surface area contributed by atoms with Gasteiger partial charge in [0.1, 0.15) is 6.04 Å². The maximum absolute atomic E-state index is 11.7. The van der Waals surface area contributed by atoms with Crippen molar-refractivity contribution >= 4 is 34.8 Å². The smallest absolute Gasteiger partial charge is 0.244 e. The van der Waals surface area contributed by atoms with Gasteiger partial charge in [-0.2, -0.15) is 0 Å². The Bertz CT molecular complexity index is 623. The number of carbonyl (C=O) groups is 1. The summed E-state index contributed by atoms with van der Waals surface area (Å²) in [6.45, 7) is 1.97. The highest BCUT2D eigenvalue weighted by atomic mass is 35.5. The Kier molecular flexibility index (Phi) is 4.53. The van der Waals surface area contributed by atoms with Gasteiger partial charge in [-0.1, -0.05) is 35.3 Å². The van der Waals surface area contributed by atoms with E-state index in [4.69, 9.17) is 28.9 Å². The molecular formula is C15H14Cl2N2O. The predicted molar refractivity (Wildman–Crippen MR) is 83.2 cm³/mol. The third-order valence-corrected chi connectivity index (χ3v) is 3.27. The zero-order valence-corrected chi connectivity index (χ0v) is 12.4. The first-order valence-electron chi connectivity index (χ1n) is 6.04. The zero-order valence-electron chi connectivity index (χ0n) is 10.9. The number of amides is 1. The SMILES string of the molecule is Cc1cccc(NC(C(N)=O)c2cc(Cl)cc(Cl)c2)c1. The largest absolute Gasteiger partial charge is 0.370 e. The lowest BCUT2D eigenvalue weighted by atomic mass is 10.1. The van der Waals surface area contributed by atoms with Gasteiger partial charge in [-0.15, -0.1) is 0 Å². The molecule has 0 radical (unpaired) electrons. The van der Waals surface area contributed by atoms with Gasteiger partial charge in [-0.05, 0) is 48.4 Å². The lowest BCUT2D eigenvalue weighted by Crippen LogP contribution is -2.27. The van der Waals surface area contributed by atoms with Crippen molar-refractivity contribution in [2.45, 2.75) is 13.0 Å². The number of hydrogen-bond donors (Lipinski definition) is 2. The number of aryl methyl sites for hydroxylation is 1. The van der Waals surface area contributed by atoms with Crippen LogP contribution in [0.15, 0.2) is 42.5 Å². The molecule has 1 amide bonds. The summed E-state index contributed by atoms with van der Waals surface area (Å²) in [5, 5.41) is 4.02. The molecular weight excluding hydrogens is 295 g/mol. The van der Waals surface area contributed by atoms with Crippen LogP contribution in [-0.2, 0) is 4.79 Å². The van der Waals surface area contributed by atoms with Crippen LogP contribution in [0.25, 0.3) is 0 Å². The van der Waals surface area contributed by atoms with Crippen molar-refractivity contribution in [1.82, 2.24) is 0 Å². The summed E-state index contributed by atoms with van der Waals surface area (Å²) in [6, 6.07) is 11.9. The molecule has 0 spiro atoms. The minimum Gasteiger partial charge on any atom is -0.370 e. The number of carbonyl (C=O) groups excluding carboxylic acids is 1. The molecule has 0 fully saturated rings. The topological polar surface area (TPSA) is 55.1 Å². The van der Waals surface area contributed by atoms with Crippen LogP contribution in [0.2, 0.25) is 10.0 Å². The Balaban J connectivity index is 2.34. The number of nitrogens with one attached hydrogen (secondary N) is 1. The lowest BCUT2D eigenvalue weighted by molar-refractivity contribution is -0.118. The Hall–Kier alpha value is -1.71. The fourth-order valence-electron chi connectivity index (χ4n) is 1.96. The summed E-state index contributed by atoms with van der Waals surface area (Å²) < 4.78 is 0. The zero-order chi connectivity index (χ0) is 14.7. The normalized spacial score (nSPS) is 11.9. The van der Waals surface area contributed by atoms with Gasteiger partial charge < -0.3 is 11.1 Å². The molecule has 5 heteroatoms. The molecule has 0 heterocycles. The van der Waals surface area contributed by atoms with E-state index in [1.165, 1.54) is 0 Å².